The predicted molar refractivity (Wildman–Crippen MR) is 82.6 cm³/mol. The Morgan fingerprint density at radius 2 is 2.00 bits per heavy atom. The van der Waals surface area contributed by atoms with E-state index >= 15 is 0 Å². The standard InChI is InChI=1S/C13H26N2O3S.ClH/c14-7-6-12-4-3-8-15(10-12)19(16,17)11-13-5-1-2-9-18-13;/h12-13H,1-11,14H2;1H. The maximum Gasteiger partial charge on any atom is 0.216 e. The van der Waals surface area contributed by atoms with Crippen LogP contribution in [0.3, 0.4) is 0 Å². The number of halogens is 1. The van der Waals surface area contributed by atoms with Crippen LogP contribution in [-0.2, 0) is 14.8 Å². The average molecular weight is 327 g/mol. The highest BCUT2D eigenvalue weighted by Crippen LogP contribution is 2.23. The zero-order valence-corrected chi connectivity index (χ0v) is 13.6. The number of rotatable bonds is 5. The Morgan fingerprint density at radius 3 is 2.65 bits per heavy atom. The van der Waals surface area contributed by atoms with Gasteiger partial charge in [0.15, 0.2) is 0 Å². The lowest BCUT2D eigenvalue weighted by atomic mass is 9.96. The lowest BCUT2D eigenvalue weighted by Crippen LogP contribution is -2.44. The molecule has 2 aliphatic rings. The molecule has 2 saturated heterocycles. The van der Waals surface area contributed by atoms with Crippen LogP contribution in [0.15, 0.2) is 0 Å². The fourth-order valence-electron chi connectivity index (χ4n) is 3.03. The molecular formula is C13H27ClN2O3S. The van der Waals surface area contributed by atoms with Crippen molar-refractivity contribution >= 4 is 22.4 Å². The summed E-state index contributed by atoms with van der Waals surface area (Å²) in [5.74, 6) is 0.586. The van der Waals surface area contributed by atoms with Crippen LogP contribution >= 0.6 is 12.4 Å². The zero-order chi connectivity index (χ0) is 13.7. The minimum Gasteiger partial charge on any atom is -0.377 e. The molecule has 2 rings (SSSR count). The fraction of sp³-hybridized carbons (Fsp3) is 1.00. The van der Waals surface area contributed by atoms with Crippen molar-refractivity contribution < 1.29 is 13.2 Å². The van der Waals surface area contributed by atoms with Gasteiger partial charge in [0.05, 0.1) is 11.9 Å². The molecule has 120 valence electrons. The molecule has 0 saturated carbocycles. The lowest BCUT2D eigenvalue weighted by Gasteiger charge is -2.33. The minimum absolute atomic E-state index is 0. The number of nitrogens with zero attached hydrogens (tertiary/aromatic N) is 1. The second-order valence-corrected chi connectivity index (χ2v) is 7.72. The topological polar surface area (TPSA) is 72.6 Å². The molecule has 2 atom stereocenters. The van der Waals surface area contributed by atoms with Gasteiger partial charge in [0.1, 0.15) is 0 Å². The summed E-state index contributed by atoms with van der Waals surface area (Å²) in [4.78, 5) is 0. The molecular weight excluding hydrogens is 300 g/mol. The third kappa shape index (κ3) is 5.15. The molecule has 0 bridgehead atoms. The minimum atomic E-state index is -3.17. The van der Waals surface area contributed by atoms with Crippen LogP contribution in [0.5, 0.6) is 0 Å². The molecule has 2 N–H and O–H groups in total. The Bertz CT molecular complexity index is 370. The van der Waals surface area contributed by atoms with E-state index in [4.69, 9.17) is 10.5 Å². The Hall–Kier alpha value is 0.120. The van der Waals surface area contributed by atoms with Crippen molar-refractivity contribution in [1.82, 2.24) is 4.31 Å². The van der Waals surface area contributed by atoms with Crippen LogP contribution in [0.4, 0.5) is 0 Å². The molecule has 5 nitrogen and oxygen atoms in total. The molecule has 0 aromatic rings. The van der Waals surface area contributed by atoms with Gasteiger partial charge in [-0.2, -0.15) is 0 Å². The third-order valence-electron chi connectivity index (χ3n) is 4.12. The van der Waals surface area contributed by atoms with E-state index in [1.165, 1.54) is 0 Å². The number of hydrogen-bond acceptors (Lipinski definition) is 4. The monoisotopic (exact) mass is 326 g/mol. The van der Waals surface area contributed by atoms with Crippen molar-refractivity contribution in [3.05, 3.63) is 0 Å². The first-order valence-electron chi connectivity index (χ1n) is 7.41. The summed E-state index contributed by atoms with van der Waals surface area (Å²) >= 11 is 0. The first-order chi connectivity index (χ1) is 9.12. The zero-order valence-electron chi connectivity index (χ0n) is 12.0. The second kappa shape index (κ2) is 8.54. The summed E-state index contributed by atoms with van der Waals surface area (Å²) < 4.78 is 32.1. The van der Waals surface area contributed by atoms with Crippen LogP contribution in [0, 0.1) is 5.92 Å². The molecule has 2 aliphatic heterocycles. The Labute approximate surface area is 128 Å². The van der Waals surface area contributed by atoms with Gasteiger partial charge in [-0.1, -0.05) is 0 Å². The quantitative estimate of drug-likeness (QED) is 0.828. The number of ether oxygens (including phenoxy) is 1. The summed E-state index contributed by atoms with van der Waals surface area (Å²) in [6.07, 6.45) is 5.88. The van der Waals surface area contributed by atoms with Crippen molar-refractivity contribution in [1.29, 1.82) is 0 Å². The van der Waals surface area contributed by atoms with Gasteiger partial charge in [-0.3, -0.25) is 0 Å². The van der Waals surface area contributed by atoms with E-state index in [1.54, 1.807) is 4.31 Å². The van der Waals surface area contributed by atoms with Gasteiger partial charge in [0, 0.05) is 19.7 Å². The van der Waals surface area contributed by atoms with Gasteiger partial charge in [-0.05, 0) is 51.0 Å². The Balaban J connectivity index is 0.00000200. The highest BCUT2D eigenvalue weighted by atomic mass is 35.5. The van der Waals surface area contributed by atoms with Crippen LogP contribution in [-0.4, -0.2) is 50.8 Å². The maximum absolute atomic E-state index is 12.4. The maximum atomic E-state index is 12.4. The van der Waals surface area contributed by atoms with Crippen LogP contribution < -0.4 is 5.73 Å². The van der Waals surface area contributed by atoms with E-state index in [1.807, 2.05) is 0 Å². The first kappa shape index (κ1) is 18.2. The van der Waals surface area contributed by atoms with E-state index in [-0.39, 0.29) is 24.3 Å². The van der Waals surface area contributed by atoms with E-state index < -0.39 is 10.0 Å². The van der Waals surface area contributed by atoms with Gasteiger partial charge in [0.25, 0.3) is 0 Å². The average Bonchev–Trinajstić information content (AvgIpc) is 2.40. The normalized spacial score (nSPS) is 28.9. The van der Waals surface area contributed by atoms with Crippen molar-refractivity contribution in [2.24, 2.45) is 11.7 Å². The third-order valence-corrected chi connectivity index (χ3v) is 6.03. The van der Waals surface area contributed by atoms with Crippen molar-refractivity contribution in [3.8, 4) is 0 Å². The Morgan fingerprint density at radius 1 is 1.20 bits per heavy atom. The summed E-state index contributed by atoms with van der Waals surface area (Å²) in [7, 11) is -3.17. The number of piperidine rings is 1. The summed E-state index contributed by atoms with van der Waals surface area (Å²) in [6.45, 7) is 2.66. The lowest BCUT2D eigenvalue weighted by molar-refractivity contribution is 0.0297. The van der Waals surface area contributed by atoms with Gasteiger partial charge in [-0.25, -0.2) is 12.7 Å². The van der Waals surface area contributed by atoms with Crippen molar-refractivity contribution in [2.45, 2.75) is 44.6 Å². The molecule has 0 aliphatic carbocycles. The SMILES string of the molecule is Cl.NCCC1CCCN(S(=O)(=O)CC2CCCCO2)C1. The van der Waals surface area contributed by atoms with Crippen molar-refractivity contribution in [3.63, 3.8) is 0 Å². The second-order valence-electron chi connectivity index (χ2n) is 5.71. The van der Waals surface area contributed by atoms with E-state index in [9.17, 15) is 8.42 Å². The fourth-order valence-corrected chi connectivity index (χ4v) is 4.82. The van der Waals surface area contributed by atoms with Gasteiger partial charge < -0.3 is 10.5 Å². The van der Waals surface area contributed by atoms with Crippen molar-refractivity contribution in [2.75, 3.05) is 32.0 Å². The molecule has 0 amide bonds. The molecule has 20 heavy (non-hydrogen) atoms. The largest absolute Gasteiger partial charge is 0.377 e. The van der Waals surface area contributed by atoms with E-state index in [2.05, 4.69) is 0 Å². The number of hydrogen-bond donors (Lipinski definition) is 1. The molecule has 2 unspecified atom stereocenters. The Kier molecular flexibility index (Phi) is 7.75. The highest BCUT2D eigenvalue weighted by Gasteiger charge is 2.31. The summed E-state index contributed by atoms with van der Waals surface area (Å²) in [5, 5.41) is 0. The van der Waals surface area contributed by atoms with E-state index in [0.29, 0.717) is 32.2 Å². The summed E-state index contributed by atoms with van der Waals surface area (Å²) in [5.41, 5.74) is 5.58. The number of nitrogens with two attached hydrogens (primary N) is 1. The van der Waals surface area contributed by atoms with Gasteiger partial charge in [0.2, 0.25) is 10.0 Å². The van der Waals surface area contributed by atoms with Crippen LogP contribution in [0.2, 0.25) is 0 Å². The highest BCUT2D eigenvalue weighted by molar-refractivity contribution is 7.89. The summed E-state index contributed by atoms with van der Waals surface area (Å²) in [6, 6.07) is 0. The molecule has 0 radical (unpaired) electrons. The van der Waals surface area contributed by atoms with Crippen LogP contribution in [0.1, 0.15) is 38.5 Å². The van der Waals surface area contributed by atoms with Gasteiger partial charge >= 0.3 is 0 Å². The smallest absolute Gasteiger partial charge is 0.216 e. The van der Waals surface area contributed by atoms with E-state index in [0.717, 1.165) is 38.5 Å². The molecule has 0 aromatic carbocycles. The molecule has 0 spiro atoms. The first-order valence-corrected chi connectivity index (χ1v) is 9.02. The molecule has 0 aromatic heterocycles. The van der Waals surface area contributed by atoms with Crippen LogP contribution in [0.25, 0.3) is 0 Å². The molecule has 7 heteroatoms. The predicted octanol–water partition coefficient (Wildman–Crippen LogP) is 1.37. The molecule has 2 fully saturated rings. The molecule has 2 heterocycles. The van der Waals surface area contributed by atoms with Gasteiger partial charge in [-0.15, -0.1) is 12.4 Å². The number of sulfonamides is 1.